The molecule has 0 aliphatic carbocycles. The highest BCUT2D eigenvalue weighted by Crippen LogP contribution is 2.15. The predicted octanol–water partition coefficient (Wildman–Crippen LogP) is 1.00. The van der Waals surface area contributed by atoms with Crippen LogP contribution in [0.25, 0.3) is 10.9 Å². The summed E-state index contributed by atoms with van der Waals surface area (Å²) < 4.78 is 0. The van der Waals surface area contributed by atoms with Crippen LogP contribution in [0, 0.1) is 6.92 Å². The molecule has 21 heavy (non-hydrogen) atoms. The van der Waals surface area contributed by atoms with E-state index in [0.29, 0.717) is 33.3 Å². The van der Waals surface area contributed by atoms with Gasteiger partial charge in [-0.05, 0) is 19.1 Å². The number of para-hydroxylation sites is 1. The Morgan fingerprint density at radius 2 is 1.90 bits per heavy atom. The monoisotopic (exact) mass is 301 g/mol. The van der Waals surface area contributed by atoms with Gasteiger partial charge in [-0.15, -0.1) is 10.2 Å². The SMILES string of the molecule is Cc1nnc(SCc2nc3ccccc3c(=O)[nH]2)[nH]c1=O. The van der Waals surface area contributed by atoms with Crippen molar-refractivity contribution in [2.24, 2.45) is 0 Å². The average molecular weight is 301 g/mol. The minimum absolute atomic E-state index is 0.181. The van der Waals surface area contributed by atoms with Crippen LogP contribution >= 0.6 is 11.8 Å². The van der Waals surface area contributed by atoms with Gasteiger partial charge in [-0.1, -0.05) is 23.9 Å². The lowest BCUT2D eigenvalue weighted by Gasteiger charge is -2.02. The van der Waals surface area contributed by atoms with Crippen LogP contribution < -0.4 is 11.1 Å². The highest BCUT2D eigenvalue weighted by Gasteiger charge is 2.06. The van der Waals surface area contributed by atoms with Crippen LogP contribution in [0.1, 0.15) is 11.5 Å². The molecule has 0 spiro atoms. The summed E-state index contributed by atoms with van der Waals surface area (Å²) in [5, 5.41) is 8.57. The van der Waals surface area contributed by atoms with E-state index < -0.39 is 0 Å². The van der Waals surface area contributed by atoms with Gasteiger partial charge in [0.25, 0.3) is 11.1 Å². The summed E-state index contributed by atoms with van der Waals surface area (Å²) >= 11 is 1.25. The zero-order valence-electron chi connectivity index (χ0n) is 11.1. The van der Waals surface area contributed by atoms with E-state index in [-0.39, 0.29) is 11.1 Å². The summed E-state index contributed by atoms with van der Waals surface area (Å²) in [5.74, 6) is 0.903. The van der Waals surface area contributed by atoms with Gasteiger partial charge in [0.05, 0.1) is 16.7 Å². The molecule has 0 aliphatic rings. The van der Waals surface area contributed by atoms with Crippen LogP contribution in [0.15, 0.2) is 39.0 Å². The van der Waals surface area contributed by atoms with Crippen molar-refractivity contribution in [3.8, 4) is 0 Å². The van der Waals surface area contributed by atoms with Gasteiger partial charge in [-0.2, -0.15) is 0 Å². The van der Waals surface area contributed by atoms with Crippen LogP contribution in [0.5, 0.6) is 0 Å². The smallest absolute Gasteiger partial charge is 0.273 e. The number of hydrogen-bond donors (Lipinski definition) is 2. The first kappa shape index (κ1) is 13.5. The van der Waals surface area contributed by atoms with Crippen molar-refractivity contribution in [2.75, 3.05) is 0 Å². The minimum atomic E-state index is -0.271. The molecule has 0 fully saturated rings. The third kappa shape index (κ3) is 2.84. The number of nitrogens with zero attached hydrogens (tertiary/aromatic N) is 3. The Kier molecular flexibility index (Phi) is 3.53. The van der Waals surface area contributed by atoms with E-state index >= 15 is 0 Å². The molecule has 0 bridgehead atoms. The Labute approximate surface area is 122 Å². The second-order valence-electron chi connectivity index (χ2n) is 4.36. The maximum absolute atomic E-state index is 11.9. The largest absolute Gasteiger partial charge is 0.309 e. The number of nitrogens with one attached hydrogen (secondary N) is 2. The first-order chi connectivity index (χ1) is 10.1. The maximum atomic E-state index is 11.9. The molecule has 0 unspecified atom stereocenters. The summed E-state index contributed by atoms with van der Waals surface area (Å²) in [6, 6.07) is 7.13. The summed E-state index contributed by atoms with van der Waals surface area (Å²) in [4.78, 5) is 33.1. The molecule has 8 heteroatoms. The summed E-state index contributed by atoms with van der Waals surface area (Å²) in [6.45, 7) is 1.59. The van der Waals surface area contributed by atoms with Crippen LogP contribution in [-0.4, -0.2) is 25.1 Å². The molecule has 2 aromatic heterocycles. The van der Waals surface area contributed by atoms with Crippen LogP contribution in [-0.2, 0) is 5.75 Å². The minimum Gasteiger partial charge on any atom is -0.309 e. The molecule has 7 nitrogen and oxygen atoms in total. The van der Waals surface area contributed by atoms with Gasteiger partial charge >= 0.3 is 0 Å². The van der Waals surface area contributed by atoms with E-state index in [0.717, 1.165) is 0 Å². The van der Waals surface area contributed by atoms with Crippen molar-refractivity contribution < 1.29 is 0 Å². The van der Waals surface area contributed by atoms with Crippen LogP contribution in [0.2, 0.25) is 0 Å². The molecule has 106 valence electrons. The summed E-state index contributed by atoms with van der Waals surface area (Å²) in [7, 11) is 0. The number of H-pyrrole nitrogens is 2. The molecule has 3 aromatic rings. The van der Waals surface area contributed by atoms with E-state index in [1.165, 1.54) is 11.8 Å². The number of aryl methyl sites for hydroxylation is 1. The molecule has 0 aliphatic heterocycles. The number of hydrogen-bond acceptors (Lipinski definition) is 6. The topological polar surface area (TPSA) is 104 Å². The van der Waals surface area contributed by atoms with Gasteiger partial charge in [0.1, 0.15) is 11.5 Å². The molecule has 2 N–H and O–H groups in total. The van der Waals surface area contributed by atoms with Crippen molar-refractivity contribution in [1.82, 2.24) is 25.1 Å². The fourth-order valence-electron chi connectivity index (χ4n) is 1.78. The van der Waals surface area contributed by atoms with Crippen LogP contribution in [0.3, 0.4) is 0 Å². The highest BCUT2D eigenvalue weighted by molar-refractivity contribution is 7.98. The van der Waals surface area contributed by atoms with E-state index in [1.807, 2.05) is 6.07 Å². The average Bonchev–Trinajstić information content (AvgIpc) is 2.49. The normalized spacial score (nSPS) is 10.9. The third-order valence-electron chi connectivity index (χ3n) is 2.85. The molecule has 0 radical (unpaired) electrons. The molecule has 1 aromatic carbocycles. The zero-order valence-corrected chi connectivity index (χ0v) is 11.9. The molecule has 3 rings (SSSR count). The Morgan fingerprint density at radius 1 is 1.10 bits per heavy atom. The van der Waals surface area contributed by atoms with E-state index in [4.69, 9.17) is 0 Å². The van der Waals surface area contributed by atoms with Gasteiger partial charge in [-0.3, -0.25) is 14.6 Å². The number of thioether (sulfide) groups is 1. The fourth-order valence-corrected chi connectivity index (χ4v) is 2.46. The molecule has 2 heterocycles. The first-order valence-electron chi connectivity index (χ1n) is 6.18. The quantitative estimate of drug-likeness (QED) is 0.699. The standard InChI is InChI=1S/C13H11N5O2S/c1-7-11(19)16-13(18-17-7)21-6-10-14-9-5-3-2-4-8(9)12(20)15-10/h2-5H,6H2,1H3,(H,14,15,20)(H,16,18,19). The molecule has 0 saturated carbocycles. The number of rotatable bonds is 3. The lowest BCUT2D eigenvalue weighted by atomic mass is 10.2. The van der Waals surface area contributed by atoms with E-state index in [1.54, 1.807) is 25.1 Å². The van der Waals surface area contributed by atoms with Crippen molar-refractivity contribution in [3.05, 3.63) is 56.5 Å². The predicted molar refractivity (Wildman–Crippen MR) is 79.3 cm³/mol. The van der Waals surface area contributed by atoms with Crippen LogP contribution in [0.4, 0.5) is 0 Å². The number of aromatic amines is 2. The van der Waals surface area contributed by atoms with Gasteiger partial charge in [0.15, 0.2) is 5.16 Å². The lowest BCUT2D eigenvalue weighted by molar-refractivity contribution is 0.789. The van der Waals surface area contributed by atoms with Crippen molar-refractivity contribution >= 4 is 22.7 Å². The summed E-state index contributed by atoms with van der Waals surface area (Å²) in [6.07, 6.45) is 0. The Morgan fingerprint density at radius 3 is 2.71 bits per heavy atom. The Bertz CT molecular complexity index is 918. The third-order valence-corrected chi connectivity index (χ3v) is 3.72. The van der Waals surface area contributed by atoms with Gasteiger partial charge in [-0.25, -0.2) is 4.98 Å². The second-order valence-corrected chi connectivity index (χ2v) is 5.33. The molecular formula is C13H11N5O2S. The Hall–Kier alpha value is -2.48. The van der Waals surface area contributed by atoms with E-state index in [2.05, 4.69) is 25.1 Å². The molecular weight excluding hydrogens is 290 g/mol. The first-order valence-corrected chi connectivity index (χ1v) is 7.16. The molecule has 0 saturated heterocycles. The van der Waals surface area contributed by atoms with Crippen molar-refractivity contribution in [3.63, 3.8) is 0 Å². The highest BCUT2D eigenvalue weighted by atomic mass is 32.2. The molecule has 0 atom stereocenters. The lowest BCUT2D eigenvalue weighted by Crippen LogP contribution is -2.14. The van der Waals surface area contributed by atoms with Gasteiger partial charge < -0.3 is 4.98 Å². The van der Waals surface area contributed by atoms with Gasteiger partial charge in [0, 0.05) is 0 Å². The summed E-state index contributed by atoms with van der Waals surface area (Å²) in [5.41, 5.74) is 0.504. The molecule has 0 amide bonds. The van der Waals surface area contributed by atoms with Gasteiger partial charge in [0.2, 0.25) is 0 Å². The van der Waals surface area contributed by atoms with Crippen molar-refractivity contribution in [1.29, 1.82) is 0 Å². The number of benzene rings is 1. The number of fused-ring (bicyclic) bond motifs is 1. The van der Waals surface area contributed by atoms with Crippen molar-refractivity contribution in [2.45, 2.75) is 17.8 Å². The number of aromatic nitrogens is 5. The fraction of sp³-hybridized carbons (Fsp3) is 0.154. The maximum Gasteiger partial charge on any atom is 0.273 e. The second kappa shape index (κ2) is 5.49. The van der Waals surface area contributed by atoms with E-state index in [9.17, 15) is 9.59 Å². The Balaban J connectivity index is 1.86. The zero-order chi connectivity index (χ0) is 14.8.